The number of nitrogens with two attached hydrogens (primary N) is 1. The van der Waals surface area contributed by atoms with Gasteiger partial charge in [0.2, 0.25) is 11.5 Å². The van der Waals surface area contributed by atoms with Gasteiger partial charge in [0.1, 0.15) is 5.75 Å². The van der Waals surface area contributed by atoms with E-state index >= 15 is 0 Å². The number of carbonyl (C=O) groups excluding carboxylic acids is 1. The van der Waals surface area contributed by atoms with Crippen molar-refractivity contribution >= 4 is 18.3 Å². The van der Waals surface area contributed by atoms with Crippen LogP contribution in [0.15, 0.2) is 30.3 Å². The Morgan fingerprint density at radius 1 is 1.03 bits per heavy atom. The molecule has 32 heavy (non-hydrogen) atoms. The second kappa shape index (κ2) is 11.8. The van der Waals surface area contributed by atoms with Gasteiger partial charge < -0.3 is 29.6 Å². The number of hydrogen-bond donors (Lipinski definition) is 1. The molecule has 1 amide bonds. The van der Waals surface area contributed by atoms with Crippen LogP contribution < -0.4 is 24.7 Å². The summed E-state index contributed by atoms with van der Waals surface area (Å²) in [5.74, 6) is 2.43. The number of hydrogen-bond acceptors (Lipinski definition) is 6. The summed E-state index contributed by atoms with van der Waals surface area (Å²) in [5.41, 5.74) is 7.12. The Hall–Kier alpha value is -2.64. The summed E-state index contributed by atoms with van der Waals surface area (Å²) in [5, 5.41) is 0. The highest BCUT2D eigenvalue weighted by Gasteiger charge is 2.29. The molecule has 7 nitrogen and oxygen atoms in total. The van der Waals surface area contributed by atoms with Gasteiger partial charge in [-0.15, -0.1) is 12.4 Å². The Morgan fingerprint density at radius 2 is 1.66 bits per heavy atom. The van der Waals surface area contributed by atoms with Crippen LogP contribution in [0.1, 0.15) is 35.2 Å². The van der Waals surface area contributed by atoms with Gasteiger partial charge in [0, 0.05) is 19.7 Å². The molecule has 0 bridgehead atoms. The largest absolute Gasteiger partial charge is 0.492 e. The van der Waals surface area contributed by atoms with E-state index in [0.717, 1.165) is 31.4 Å². The van der Waals surface area contributed by atoms with E-state index in [1.807, 2.05) is 31.3 Å². The topological polar surface area (TPSA) is 83.3 Å². The van der Waals surface area contributed by atoms with Crippen LogP contribution in [0.5, 0.6) is 28.7 Å². The molecule has 176 valence electrons. The van der Waals surface area contributed by atoms with Crippen molar-refractivity contribution in [1.29, 1.82) is 0 Å². The number of nitrogens with zero attached hydrogens (tertiary/aromatic N) is 1. The summed E-state index contributed by atoms with van der Waals surface area (Å²) in [7, 11) is 6.36. The van der Waals surface area contributed by atoms with E-state index < -0.39 is 0 Å². The average Bonchev–Trinajstić information content (AvgIpc) is 2.76. The van der Waals surface area contributed by atoms with Crippen molar-refractivity contribution in [2.75, 3.05) is 41.5 Å². The third kappa shape index (κ3) is 5.58. The van der Waals surface area contributed by atoms with E-state index in [2.05, 4.69) is 0 Å². The molecule has 0 heterocycles. The van der Waals surface area contributed by atoms with E-state index in [1.165, 1.54) is 27.8 Å². The number of rotatable bonds is 10. The third-order valence-electron chi connectivity index (χ3n) is 5.69. The molecule has 0 radical (unpaired) electrons. The molecule has 2 aromatic rings. The fraction of sp³-hybridized carbons (Fsp3) is 0.458. The average molecular weight is 465 g/mol. The first-order valence-corrected chi connectivity index (χ1v) is 10.6. The van der Waals surface area contributed by atoms with Gasteiger partial charge in [0.05, 0.1) is 26.9 Å². The molecule has 8 heteroatoms. The maximum absolute atomic E-state index is 13.3. The van der Waals surface area contributed by atoms with Crippen molar-refractivity contribution in [2.24, 2.45) is 11.7 Å². The quantitative estimate of drug-likeness (QED) is 0.564. The third-order valence-corrected chi connectivity index (χ3v) is 5.69. The zero-order valence-corrected chi connectivity index (χ0v) is 20.0. The van der Waals surface area contributed by atoms with Gasteiger partial charge in [-0.05, 0) is 49.4 Å². The number of benzene rings is 2. The normalized spacial score (nSPS) is 12.9. The molecule has 0 unspecified atom stereocenters. The lowest BCUT2D eigenvalue weighted by molar-refractivity contribution is 0.0740. The predicted octanol–water partition coefficient (Wildman–Crippen LogP) is 4.30. The van der Waals surface area contributed by atoms with Crippen LogP contribution in [-0.4, -0.2) is 52.3 Å². The Kier molecular flexibility index (Phi) is 9.47. The first kappa shape index (κ1) is 25.6. The van der Waals surface area contributed by atoms with Gasteiger partial charge in [0.15, 0.2) is 11.5 Å². The van der Waals surface area contributed by atoms with Crippen molar-refractivity contribution < 1.29 is 23.7 Å². The van der Waals surface area contributed by atoms with Gasteiger partial charge in [-0.3, -0.25) is 4.79 Å². The van der Waals surface area contributed by atoms with E-state index in [-0.39, 0.29) is 18.3 Å². The number of ether oxygens (including phenoxy) is 4. The van der Waals surface area contributed by atoms with Gasteiger partial charge in [-0.25, -0.2) is 0 Å². The van der Waals surface area contributed by atoms with E-state index in [0.29, 0.717) is 46.8 Å². The van der Waals surface area contributed by atoms with Crippen LogP contribution in [0.25, 0.3) is 0 Å². The Balaban J connectivity index is 0.00000363. The van der Waals surface area contributed by atoms with Crippen molar-refractivity contribution in [3.63, 3.8) is 0 Å². The fourth-order valence-electron chi connectivity index (χ4n) is 3.78. The highest BCUT2D eigenvalue weighted by Crippen LogP contribution is 2.48. The minimum absolute atomic E-state index is 0. The summed E-state index contributed by atoms with van der Waals surface area (Å²) in [6.45, 7) is 1.30. The first-order valence-electron chi connectivity index (χ1n) is 10.6. The molecular weight excluding hydrogens is 432 g/mol. The number of amides is 1. The minimum Gasteiger partial charge on any atom is -0.492 e. The summed E-state index contributed by atoms with van der Waals surface area (Å²) < 4.78 is 22.8. The van der Waals surface area contributed by atoms with E-state index in [4.69, 9.17) is 24.7 Å². The fourth-order valence-corrected chi connectivity index (χ4v) is 3.78. The van der Waals surface area contributed by atoms with Crippen molar-refractivity contribution in [1.82, 2.24) is 4.90 Å². The first-order chi connectivity index (χ1) is 15.0. The highest BCUT2D eigenvalue weighted by molar-refractivity contribution is 5.99. The van der Waals surface area contributed by atoms with Crippen LogP contribution in [0, 0.1) is 5.92 Å². The summed E-state index contributed by atoms with van der Waals surface area (Å²) >= 11 is 0. The second-order valence-electron chi connectivity index (χ2n) is 7.79. The highest BCUT2D eigenvalue weighted by atomic mass is 35.5. The molecule has 0 atom stereocenters. The smallest absolute Gasteiger partial charge is 0.257 e. The van der Waals surface area contributed by atoms with Crippen molar-refractivity contribution in [2.45, 2.75) is 25.7 Å². The van der Waals surface area contributed by atoms with Crippen LogP contribution in [0.2, 0.25) is 0 Å². The zero-order chi connectivity index (χ0) is 22.4. The zero-order valence-electron chi connectivity index (χ0n) is 19.2. The van der Waals surface area contributed by atoms with E-state index in [9.17, 15) is 4.79 Å². The van der Waals surface area contributed by atoms with Crippen LogP contribution in [0.3, 0.4) is 0 Å². The number of carbonyl (C=O) groups is 1. The summed E-state index contributed by atoms with van der Waals surface area (Å²) in [4.78, 5) is 15.0. The molecule has 3 rings (SSSR count). The number of methoxy groups -OCH3 is 3. The lowest BCUT2D eigenvalue weighted by atomic mass is 9.85. The molecule has 1 fully saturated rings. The van der Waals surface area contributed by atoms with Crippen molar-refractivity contribution in [3.05, 3.63) is 41.5 Å². The standard InChI is InChI=1S/C24H32N2O5.ClH/c1-26(15-17-6-5-7-17)24(27)19-14-20(22(29-3)23(30-4)21(19)28-2)31-18-10-8-16(9-11-18)12-13-25;/h8-11,14,17H,5-7,12-13,15,25H2,1-4H3;1H. The molecule has 0 saturated heterocycles. The summed E-state index contributed by atoms with van der Waals surface area (Å²) in [6, 6.07) is 9.33. The molecule has 1 aliphatic rings. The molecule has 2 aromatic carbocycles. The molecule has 0 spiro atoms. The van der Waals surface area contributed by atoms with Crippen molar-refractivity contribution in [3.8, 4) is 28.7 Å². The molecule has 0 aromatic heterocycles. The van der Waals surface area contributed by atoms with Gasteiger partial charge >= 0.3 is 0 Å². The monoisotopic (exact) mass is 464 g/mol. The van der Waals surface area contributed by atoms with Gasteiger partial charge in [-0.1, -0.05) is 18.6 Å². The Labute approximate surface area is 196 Å². The maximum Gasteiger partial charge on any atom is 0.257 e. The maximum atomic E-state index is 13.3. The SMILES string of the molecule is COc1c(Oc2ccc(CCN)cc2)cc(C(=O)N(C)CC2CCC2)c(OC)c1OC.Cl. The molecule has 1 aliphatic carbocycles. The predicted molar refractivity (Wildman–Crippen MR) is 127 cm³/mol. The van der Waals surface area contributed by atoms with Crippen LogP contribution >= 0.6 is 12.4 Å². The molecular formula is C24H33ClN2O5. The minimum atomic E-state index is -0.146. The van der Waals surface area contributed by atoms with Gasteiger partial charge in [-0.2, -0.15) is 0 Å². The molecule has 0 aliphatic heterocycles. The molecule has 2 N–H and O–H groups in total. The van der Waals surface area contributed by atoms with E-state index in [1.54, 1.807) is 11.0 Å². The van der Waals surface area contributed by atoms with Crippen LogP contribution in [-0.2, 0) is 6.42 Å². The van der Waals surface area contributed by atoms with Crippen LogP contribution in [0.4, 0.5) is 0 Å². The summed E-state index contributed by atoms with van der Waals surface area (Å²) in [6.07, 6.45) is 4.35. The number of halogens is 1. The lowest BCUT2D eigenvalue weighted by Gasteiger charge is -2.30. The second-order valence-corrected chi connectivity index (χ2v) is 7.79. The lowest BCUT2D eigenvalue weighted by Crippen LogP contribution is -2.34. The molecule has 1 saturated carbocycles. The van der Waals surface area contributed by atoms with Gasteiger partial charge in [0.25, 0.3) is 5.91 Å². The Bertz CT molecular complexity index is 900. The Morgan fingerprint density at radius 3 is 2.16 bits per heavy atom.